The van der Waals surface area contributed by atoms with Gasteiger partial charge in [-0.2, -0.15) is 0 Å². The molecule has 2 heterocycles. The molecule has 2 amide bonds. The summed E-state index contributed by atoms with van der Waals surface area (Å²) >= 11 is 3.07. The van der Waals surface area contributed by atoms with Crippen LogP contribution in [-0.4, -0.2) is 29.1 Å². The minimum Gasteiger partial charge on any atom is -0.496 e. The van der Waals surface area contributed by atoms with Crippen molar-refractivity contribution in [1.82, 2.24) is 4.90 Å². The molecule has 0 saturated carbocycles. The van der Waals surface area contributed by atoms with Crippen LogP contribution in [0.4, 0.5) is 5.69 Å². The summed E-state index contributed by atoms with van der Waals surface area (Å²) in [5, 5.41) is 4.47. The lowest BCUT2D eigenvalue weighted by molar-refractivity contribution is -0.133. The second-order valence-electron chi connectivity index (χ2n) is 6.94. The number of thioether (sulfide) groups is 1. The normalized spacial score (nSPS) is 15.2. The number of methoxy groups -OCH3 is 1. The van der Waals surface area contributed by atoms with Crippen molar-refractivity contribution in [2.45, 2.75) is 29.7 Å². The lowest BCUT2D eigenvalue weighted by atomic mass is 10.1. The molecule has 5 nitrogen and oxygen atoms in total. The molecule has 4 rings (SSSR count). The Hall–Kier alpha value is -2.77. The maximum Gasteiger partial charge on any atom is 0.238 e. The molecule has 1 atom stereocenters. The van der Waals surface area contributed by atoms with Crippen molar-refractivity contribution in [3.63, 3.8) is 0 Å². The molecule has 2 aromatic carbocycles. The Kier molecular flexibility index (Phi) is 6.40. The van der Waals surface area contributed by atoms with Gasteiger partial charge in [-0.25, -0.2) is 0 Å². The molecule has 30 heavy (non-hydrogen) atoms. The van der Waals surface area contributed by atoms with Crippen molar-refractivity contribution >= 4 is 40.6 Å². The van der Waals surface area contributed by atoms with Crippen molar-refractivity contribution in [1.29, 1.82) is 0 Å². The molecule has 7 heteroatoms. The van der Waals surface area contributed by atoms with Gasteiger partial charge in [-0.1, -0.05) is 36.4 Å². The van der Waals surface area contributed by atoms with Crippen LogP contribution < -0.4 is 10.1 Å². The molecular formula is C23H22N2O3S2. The number of ether oxygens (including phenoxy) is 1. The minimum atomic E-state index is -0.448. The summed E-state index contributed by atoms with van der Waals surface area (Å²) in [6.45, 7) is 0.931. The Morgan fingerprint density at radius 2 is 1.87 bits per heavy atom. The molecule has 0 bridgehead atoms. The predicted molar refractivity (Wildman–Crippen MR) is 121 cm³/mol. The zero-order chi connectivity index (χ0) is 20.9. The average molecular weight is 439 g/mol. The maximum atomic E-state index is 13.3. The third-order valence-corrected chi connectivity index (χ3v) is 7.04. The zero-order valence-corrected chi connectivity index (χ0v) is 18.2. The Morgan fingerprint density at radius 1 is 1.07 bits per heavy atom. The topological polar surface area (TPSA) is 58.6 Å². The number of benzene rings is 2. The van der Waals surface area contributed by atoms with Crippen LogP contribution in [0.2, 0.25) is 0 Å². The SMILES string of the molecule is COc1ccccc1CN(Cc1cccs1)C(=O)CC1Sc2ccccc2NC1=O. The second-order valence-corrected chi connectivity index (χ2v) is 9.21. The number of hydrogen-bond acceptors (Lipinski definition) is 5. The van der Waals surface area contributed by atoms with E-state index in [1.54, 1.807) is 23.3 Å². The van der Waals surface area contributed by atoms with E-state index in [4.69, 9.17) is 4.74 Å². The Morgan fingerprint density at radius 3 is 2.67 bits per heavy atom. The molecule has 1 aliphatic heterocycles. The molecule has 1 N–H and O–H groups in total. The number of fused-ring (bicyclic) bond motifs is 1. The van der Waals surface area contributed by atoms with Crippen LogP contribution in [0.1, 0.15) is 16.9 Å². The number of amides is 2. The van der Waals surface area contributed by atoms with E-state index in [1.807, 2.05) is 66.0 Å². The van der Waals surface area contributed by atoms with E-state index < -0.39 is 5.25 Å². The van der Waals surface area contributed by atoms with E-state index in [2.05, 4.69) is 5.32 Å². The number of thiophene rings is 1. The summed E-state index contributed by atoms with van der Waals surface area (Å²) in [6, 6.07) is 19.4. The van der Waals surface area contributed by atoms with Gasteiger partial charge in [-0.15, -0.1) is 23.1 Å². The van der Waals surface area contributed by atoms with Gasteiger partial charge >= 0.3 is 0 Å². The van der Waals surface area contributed by atoms with Gasteiger partial charge in [0.25, 0.3) is 0 Å². The summed E-state index contributed by atoms with van der Waals surface area (Å²) in [7, 11) is 1.63. The van der Waals surface area contributed by atoms with Gasteiger partial charge < -0.3 is 15.0 Å². The fraction of sp³-hybridized carbons (Fsp3) is 0.217. The van der Waals surface area contributed by atoms with E-state index in [0.29, 0.717) is 13.1 Å². The van der Waals surface area contributed by atoms with Crippen LogP contribution in [0, 0.1) is 0 Å². The number of carbonyl (C=O) groups is 2. The highest BCUT2D eigenvalue weighted by atomic mass is 32.2. The standard InChI is InChI=1S/C23H22N2O3S2/c1-28-19-10-4-2-7-16(19)14-25(15-17-8-6-12-29-17)22(26)13-21-23(27)24-18-9-3-5-11-20(18)30-21/h2-12,21H,13-15H2,1H3,(H,24,27). The van der Waals surface area contributed by atoms with Gasteiger partial charge in [0.1, 0.15) is 5.75 Å². The van der Waals surface area contributed by atoms with Crippen LogP contribution in [0.3, 0.4) is 0 Å². The first-order valence-electron chi connectivity index (χ1n) is 9.62. The highest BCUT2D eigenvalue weighted by Gasteiger charge is 2.30. The van der Waals surface area contributed by atoms with E-state index in [1.165, 1.54) is 11.8 Å². The molecule has 1 unspecified atom stereocenters. The number of nitrogens with one attached hydrogen (secondary N) is 1. The van der Waals surface area contributed by atoms with Crippen molar-refractivity contribution in [3.05, 3.63) is 76.5 Å². The number of para-hydroxylation sites is 2. The summed E-state index contributed by atoms with van der Waals surface area (Å²) in [6.07, 6.45) is 0.144. The van der Waals surface area contributed by atoms with Crippen molar-refractivity contribution < 1.29 is 14.3 Å². The largest absolute Gasteiger partial charge is 0.496 e. The van der Waals surface area contributed by atoms with Crippen LogP contribution in [0.15, 0.2) is 70.9 Å². The van der Waals surface area contributed by atoms with Crippen LogP contribution in [-0.2, 0) is 22.7 Å². The summed E-state index contributed by atoms with van der Waals surface area (Å²) in [4.78, 5) is 29.8. The van der Waals surface area contributed by atoms with Crippen LogP contribution in [0.25, 0.3) is 0 Å². The number of rotatable bonds is 7. The number of hydrogen-bond donors (Lipinski definition) is 1. The van der Waals surface area contributed by atoms with E-state index in [0.717, 1.165) is 26.8 Å². The third-order valence-electron chi connectivity index (χ3n) is 4.90. The highest BCUT2D eigenvalue weighted by Crippen LogP contribution is 2.37. The molecule has 1 aliphatic rings. The Labute approximate surface area is 184 Å². The molecule has 0 radical (unpaired) electrons. The number of carbonyl (C=O) groups excluding carboxylic acids is 2. The molecule has 154 valence electrons. The molecule has 3 aromatic rings. The predicted octanol–water partition coefficient (Wildman–Crippen LogP) is 4.79. The van der Waals surface area contributed by atoms with Crippen LogP contribution >= 0.6 is 23.1 Å². The summed E-state index contributed by atoms with van der Waals surface area (Å²) in [5.41, 5.74) is 1.75. The molecule has 0 saturated heterocycles. The smallest absolute Gasteiger partial charge is 0.238 e. The fourth-order valence-corrected chi connectivity index (χ4v) is 5.20. The lowest BCUT2D eigenvalue weighted by Gasteiger charge is -2.27. The molecule has 0 fully saturated rings. The van der Waals surface area contributed by atoms with Gasteiger partial charge in [-0.05, 0) is 29.6 Å². The van der Waals surface area contributed by atoms with Gasteiger partial charge in [0.2, 0.25) is 11.8 Å². The first-order valence-corrected chi connectivity index (χ1v) is 11.4. The highest BCUT2D eigenvalue weighted by molar-refractivity contribution is 8.01. The maximum absolute atomic E-state index is 13.3. The van der Waals surface area contributed by atoms with Crippen LogP contribution in [0.5, 0.6) is 5.75 Å². The Balaban J connectivity index is 1.53. The van der Waals surface area contributed by atoms with E-state index >= 15 is 0 Å². The van der Waals surface area contributed by atoms with Crippen molar-refractivity contribution in [2.24, 2.45) is 0 Å². The Bertz CT molecular complexity index is 1040. The second kappa shape index (κ2) is 9.36. The number of nitrogens with zero attached hydrogens (tertiary/aromatic N) is 1. The minimum absolute atomic E-state index is 0.0543. The molecular weight excluding hydrogens is 416 g/mol. The number of anilines is 1. The lowest BCUT2D eigenvalue weighted by Crippen LogP contribution is -2.37. The quantitative estimate of drug-likeness (QED) is 0.576. The van der Waals surface area contributed by atoms with Gasteiger partial charge in [0.05, 0.1) is 24.6 Å². The first-order chi connectivity index (χ1) is 14.6. The van der Waals surface area contributed by atoms with E-state index in [-0.39, 0.29) is 18.2 Å². The molecule has 1 aromatic heterocycles. The van der Waals surface area contributed by atoms with Gasteiger partial charge in [0, 0.05) is 28.3 Å². The van der Waals surface area contributed by atoms with Gasteiger partial charge in [-0.3, -0.25) is 9.59 Å². The third kappa shape index (κ3) is 4.68. The van der Waals surface area contributed by atoms with Crippen molar-refractivity contribution in [2.75, 3.05) is 12.4 Å². The monoisotopic (exact) mass is 438 g/mol. The van der Waals surface area contributed by atoms with Gasteiger partial charge in [0.15, 0.2) is 0 Å². The molecule has 0 aliphatic carbocycles. The fourth-order valence-electron chi connectivity index (χ4n) is 3.38. The first kappa shape index (κ1) is 20.5. The zero-order valence-electron chi connectivity index (χ0n) is 16.5. The summed E-state index contributed by atoms with van der Waals surface area (Å²) in [5.74, 6) is 0.571. The molecule has 0 spiro atoms. The average Bonchev–Trinajstić information content (AvgIpc) is 3.27. The van der Waals surface area contributed by atoms with Crippen molar-refractivity contribution in [3.8, 4) is 5.75 Å². The van der Waals surface area contributed by atoms with E-state index in [9.17, 15) is 9.59 Å². The summed E-state index contributed by atoms with van der Waals surface area (Å²) < 4.78 is 5.46.